The molecule has 1 atom stereocenters. The first kappa shape index (κ1) is 9.51. The van der Waals surface area contributed by atoms with Crippen LogP contribution >= 0.6 is 0 Å². The lowest BCUT2D eigenvalue weighted by molar-refractivity contribution is 0.199. The van der Waals surface area contributed by atoms with Crippen molar-refractivity contribution in [3.8, 4) is 0 Å². The van der Waals surface area contributed by atoms with Crippen molar-refractivity contribution in [2.75, 3.05) is 25.0 Å². The molecule has 2 N–H and O–H groups in total. The van der Waals surface area contributed by atoms with Crippen molar-refractivity contribution >= 4 is 11.7 Å². The maximum atomic E-state index is 11.6. The molecule has 3 rings (SSSR count). The first-order valence-corrected chi connectivity index (χ1v) is 5.71. The quantitative estimate of drug-likeness (QED) is 0.738. The van der Waals surface area contributed by atoms with Gasteiger partial charge in [0.15, 0.2) is 0 Å². The summed E-state index contributed by atoms with van der Waals surface area (Å²) in [5, 5.41) is 6.24. The fraction of sp³-hybridized carbons (Fsp3) is 0.417. The van der Waals surface area contributed by atoms with Crippen LogP contribution in [0, 0.1) is 0 Å². The number of carbonyl (C=O) groups excluding carboxylic acids is 1. The van der Waals surface area contributed by atoms with Gasteiger partial charge in [0, 0.05) is 25.3 Å². The minimum absolute atomic E-state index is 0.0752. The lowest BCUT2D eigenvalue weighted by Gasteiger charge is -2.32. The standard InChI is InChI=1S/C12H15N3O/c16-12-13-5-6-15(12)10-7-9-3-1-2-4-11(9)14-8-10/h1-4,10,14H,5-8H2,(H,13,16). The highest BCUT2D eigenvalue weighted by molar-refractivity contribution is 5.77. The predicted molar refractivity (Wildman–Crippen MR) is 62.5 cm³/mol. The minimum Gasteiger partial charge on any atom is -0.383 e. The third-order valence-corrected chi connectivity index (χ3v) is 3.33. The van der Waals surface area contributed by atoms with Crippen LogP contribution in [0.2, 0.25) is 0 Å². The summed E-state index contributed by atoms with van der Waals surface area (Å²) >= 11 is 0. The summed E-state index contributed by atoms with van der Waals surface area (Å²) in [6, 6.07) is 8.67. The van der Waals surface area contributed by atoms with E-state index in [1.807, 2.05) is 17.0 Å². The molecule has 1 aromatic carbocycles. The molecule has 2 heterocycles. The van der Waals surface area contributed by atoms with Gasteiger partial charge in [-0.1, -0.05) is 18.2 Å². The van der Waals surface area contributed by atoms with Gasteiger partial charge >= 0.3 is 6.03 Å². The molecule has 0 saturated carbocycles. The number of rotatable bonds is 1. The van der Waals surface area contributed by atoms with Crippen LogP contribution in [0.3, 0.4) is 0 Å². The molecule has 0 aliphatic carbocycles. The number of anilines is 1. The molecule has 0 radical (unpaired) electrons. The number of nitrogens with zero attached hydrogens (tertiary/aromatic N) is 1. The van der Waals surface area contributed by atoms with E-state index in [0.29, 0.717) is 0 Å². The van der Waals surface area contributed by atoms with Gasteiger partial charge in [-0.25, -0.2) is 4.79 Å². The summed E-state index contributed by atoms with van der Waals surface area (Å²) in [5.74, 6) is 0. The number of hydrogen-bond donors (Lipinski definition) is 2. The smallest absolute Gasteiger partial charge is 0.317 e. The summed E-state index contributed by atoms with van der Waals surface area (Å²) in [6.45, 7) is 2.45. The number of benzene rings is 1. The zero-order valence-electron chi connectivity index (χ0n) is 9.07. The van der Waals surface area contributed by atoms with E-state index in [2.05, 4.69) is 22.8 Å². The summed E-state index contributed by atoms with van der Waals surface area (Å²) < 4.78 is 0. The number of para-hydroxylation sites is 1. The molecule has 1 unspecified atom stereocenters. The molecule has 84 valence electrons. The molecule has 2 amide bonds. The summed E-state index contributed by atoms with van der Waals surface area (Å²) in [4.78, 5) is 13.5. The van der Waals surface area contributed by atoms with E-state index < -0.39 is 0 Å². The molecule has 1 saturated heterocycles. The molecule has 1 aromatic rings. The Kier molecular flexibility index (Phi) is 2.20. The van der Waals surface area contributed by atoms with Gasteiger partial charge in [-0.2, -0.15) is 0 Å². The molecule has 0 aromatic heterocycles. The highest BCUT2D eigenvalue weighted by atomic mass is 16.2. The second-order valence-electron chi connectivity index (χ2n) is 4.32. The fourth-order valence-electron chi connectivity index (χ4n) is 2.48. The molecule has 0 bridgehead atoms. The Hall–Kier alpha value is -1.71. The van der Waals surface area contributed by atoms with E-state index in [1.165, 1.54) is 11.3 Å². The van der Waals surface area contributed by atoms with Crippen LogP contribution in [0.4, 0.5) is 10.5 Å². The number of hydrogen-bond acceptors (Lipinski definition) is 2. The Morgan fingerprint density at radius 1 is 1.25 bits per heavy atom. The Morgan fingerprint density at radius 2 is 2.12 bits per heavy atom. The Bertz CT molecular complexity index is 418. The molecule has 16 heavy (non-hydrogen) atoms. The summed E-state index contributed by atoms with van der Waals surface area (Å²) in [6.07, 6.45) is 0.955. The van der Waals surface area contributed by atoms with Crippen LogP contribution in [-0.2, 0) is 6.42 Å². The Balaban J connectivity index is 1.80. The molecule has 4 nitrogen and oxygen atoms in total. The van der Waals surface area contributed by atoms with Crippen molar-refractivity contribution in [1.82, 2.24) is 10.2 Å². The minimum atomic E-state index is 0.0752. The van der Waals surface area contributed by atoms with Crippen LogP contribution in [0.5, 0.6) is 0 Å². The van der Waals surface area contributed by atoms with E-state index in [9.17, 15) is 4.79 Å². The van der Waals surface area contributed by atoms with E-state index in [4.69, 9.17) is 0 Å². The first-order valence-electron chi connectivity index (χ1n) is 5.71. The van der Waals surface area contributed by atoms with E-state index in [0.717, 1.165) is 26.1 Å². The lowest BCUT2D eigenvalue weighted by atomic mass is 9.99. The largest absolute Gasteiger partial charge is 0.383 e. The normalized spacial score (nSPS) is 23.6. The van der Waals surface area contributed by atoms with Crippen LogP contribution in [-0.4, -0.2) is 36.6 Å². The number of urea groups is 1. The summed E-state index contributed by atoms with van der Waals surface area (Å²) in [5.41, 5.74) is 2.51. The zero-order chi connectivity index (χ0) is 11.0. The lowest BCUT2D eigenvalue weighted by Crippen LogP contribution is -2.45. The van der Waals surface area contributed by atoms with E-state index in [1.54, 1.807) is 0 Å². The van der Waals surface area contributed by atoms with Gasteiger partial charge in [0.2, 0.25) is 0 Å². The Morgan fingerprint density at radius 3 is 2.94 bits per heavy atom. The van der Waals surface area contributed by atoms with Crippen molar-refractivity contribution < 1.29 is 4.79 Å². The average molecular weight is 217 g/mol. The number of amides is 2. The third-order valence-electron chi connectivity index (χ3n) is 3.33. The topological polar surface area (TPSA) is 44.4 Å². The van der Waals surface area contributed by atoms with Crippen molar-refractivity contribution in [2.45, 2.75) is 12.5 Å². The van der Waals surface area contributed by atoms with Gasteiger partial charge in [-0.05, 0) is 18.1 Å². The number of fused-ring (bicyclic) bond motifs is 1. The van der Waals surface area contributed by atoms with Crippen molar-refractivity contribution in [2.24, 2.45) is 0 Å². The molecule has 2 aliphatic heterocycles. The third kappa shape index (κ3) is 1.50. The summed E-state index contributed by atoms with van der Waals surface area (Å²) in [7, 11) is 0. The predicted octanol–water partition coefficient (Wildman–Crippen LogP) is 1.05. The number of nitrogens with one attached hydrogen (secondary N) is 2. The van der Waals surface area contributed by atoms with Crippen LogP contribution in [0.15, 0.2) is 24.3 Å². The van der Waals surface area contributed by atoms with Crippen LogP contribution < -0.4 is 10.6 Å². The molecule has 1 fully saturated rings. The van der Waals surface area contributed by atoms with Gasteiger partial charge in [0.05, 0.1) is 6.04 Å². The van der Waals surface area contributed by atoms with Gasteiger partial charge in [-0.15, -0.1) is 0 Å². The molecular weight excluding hydrogens is 202 g/mol. The van der Waals surface area contributed by atoms with Crippen LogP contribution in [0.1, 0.15) is 5.56 Å². The van der Waals surface area contributed by atoms with Crippen molar-refractivity contribution in [1.29, 1.82) is 0 Å². The average Bonchev–Trinajstić information content (AvgIpc) is 2.75. The molecular formula is C12H15N3O. The van der Waals surface area contributed by atoms with Gasteiger partial charge in [0.1, 0.15) is 0 Å². The van der Waals surface area contributed by atoms with Crippen molar-refractivity contribution in [3.63, 3.8) is 0 Å². The van der Waals surface area contributed by atoms with Crippen LogP contribution in [0.25, 0.3) is 0 Å². The first-order chi connectivity index (χ1) is 7.84. The number of carbonyl (C=O) groups is 1. The maximum Gasteiger partial charge on any atom is 0.317 e. The Labute approximate surface area is 94.6 Å². The molecule has 2 aliphatic rings. The van der Waals surface area contributed by atoms with Crippen molar-refractivity contribution in [3.05, 3.63) is 29.8 Å². The van der Waals surface area contributed by atoms with Gasteiger partial charge < -0.3 is 15.5 Å². The van der Waals surface area contributed by atoms with E-state index in [-0.39, 0.29) is 12.1 Å². The SMILES string of the molecule is O=C1NCCN1C1CNc2ccccc2C1. The maximum absolute atomic E-state index is 11.6. The van der Waals surface area contributed by atoms with Gasteiger partial charge in [-0.3, -0.25) is 0 Å². The zero-order valence-corrected chi connectivity index (χ0v) is 9.07. The van der Waals surface area contributed by atoms with Gasteiger partial charge in [0.25, 0.3) is 0 Å². The molecule has 0 spiro atoms. The fourth-order valence-corrected chi connectivity index (χ4v) is 2.48. The highest BCUT2D eigenvalue weighted by Crippen LogP contribution is 2.24. The second kappa shape index (κ2) is 3.70. The molecule has 4 heteroatoms. The monoisotopic (exact) mass is 217 g/mol. The van der Waals surface area contributed by atoms with E-state index >= 15 is 0 Å². The second-order valence-corrected chi connectivity index (χ2v) is 4.32. The highest BCUT2D eigenvalue weighted by Gasteiger charge is 2.30.